The number of rotatable bonds is 4. The molecule has 1 heterocycles. The molecule has 0 aromatic carbocycles. The molecule has 1 aromatic heterocycles. The molecule has 0 bridgehead atoms. The van der Waals surface area contributed by atoms with E-state index in [1.54, 1.807) is 0 Å². The molecule has 0 amide bonds. The van der Waals surface area contributed by atoms with Crippen LogP contribution in [0.5, 0.6) is 0 Å². The van der Waals surface area contributed by atoms with Crippen LogP contribution in [0.4, 0.5) is 0 Å². The number of aromatic nitrogens is 2. The summed E-state index contributed by atoms with van der Waals surface area (Å²) in [5.74, 6) is 1.19. The largest absolute Gasteiger partial charge is 0.268 e. The van der Waals surface area contributed by atoms with Crippen molar-refractivity contribution in [2.45, 2.75) is 52.0 Å². The molecule has 0 spiro atoms. The molecule has 1 aliphatic rings. The molecule has 1 unspecified atom stereocenters. The number of hydrogen-bond donors (Lipinski definition) is 0. The van der Waals surface area contributed by atoms with E-state index in [1.165, 1.54) is 18.4 Å². The maximum absolute atomic E-state index is 8.87. The van der Waals surface area contributed by atoms with Crippen molar-refractivity contribution < 1.29 is 0 Å². The molecule has 0 saturated heterocycles. The highest BCUT2D eigenvalue weighted by atomic mass is 15.3. The molecule has 0 N–H and O–H groups in total. The fourth-order valence-electron chi connectivity index (χ4n) is 2.28. The van der Waals surface area contributed by atoms with Gasteiger partial charge in [-0.15, -0.1) is 0 Å². The summed E-state index contributed by atoms with van der Waals surface area (Å²) in [6.07, 6.45) is 5.23. The van der Waals surface area contributed by atoms with Crippen LogP contribution in [0.3, 0.4) is 0 Å². The minimum Gasteiger partial charge on any atom is -0.268 e. The number of nitriles is 1. The maximum atomic E-state index is 8.87. The van der Waals surface area contributed by atoms with Crippen LogP contribution in [0.2, 0.25) is 0 Å². The van der Waals surface area contributed by atoms with Crippen LogP contribution in [0.15, 0.2) is 6.20 Å². The molecular formula is C13H19N3. The Bertz CT molecular complexity index is 407. The zero-order valence-corrected chi connectivity index (χ0v) is 10.3. The van der Waals surface area contributed by atoms with Crippen molar-refractivity contribution in [1.82, 2.24) is 9.78 Å². The maximum Gasteiger partial charge on any atom is 0.0677 e. The van der Waals surface area contributed by atoms with Crippen molar-refractivity contribution in [3.05, 3.63) is 17.5 Å². The summed E-state index contributed by atoms with van der Waals surface area (Å²) in [6.45, 7) is 6.43. The molecule has 2 rings (SSSR count). The molecule has 0 radical (unpaired) electrons. The molecule has 3 nitrogen and oxygen atoms in total. The zero-order chi connectivity index (χ0) is 11.7. The normalized spacial score (nSPS) is 17.4. The lowest BCUT2D eigenvalue weighted by Gasteiger charge is -2.12. The van der Waals surface area contributed by atoms with Crippen molar-refractivity contribution in [1.29, 1.82) is 5.26 Å². The number of aryl methyl sites for hydroxylation is 1. The highest BCUT2D eigenvalue weighted by Crippen LogP contribution is 2.41. The summed E-state index contributed by atoms with van der Waals surface area (Å²) in [7, 11) is 0. The molecule has 0 aliphatic heterocycles. The zero-order valence-electron chi connectivity index (χ0n) is 10.3. The molecule has 1 aliphatic carbocycles. The first-order valence-corrected chi connectivity index (χ1v) is 6.06. The van der Waals surface area contributed by atoms with E-state index in [9.17, 15) is 0 Å². The third-order valence-electron chi connectivity index (χ3n) is 3.38. The predicted molar refractivity (Wildman–Crippen MR) is 63.0 cm³/mol. The smallest absolute Gasteiger partial charge is 0.0677 e. The third-order valence-corrected chi connectivity index (χ3v) is 3.38. The monoisotopic (exact) mass is 217 g/mol. The van der Waals surface area contributed by atoms with Crippen molar-refractivity contribution >= 4 is 0 Å². The molecule has 16 heavy (non-hydrogen) atoms. The van der Waals surface area contributed by atoms with Crippen LogP contribution >= 0.6 is 0 Å². The van der Waals surface area contributed by atoms with Gasteiger partial charge in [-0.1, -0.05) is 13.8 Å². The van der Waals surface area contributed by atoms with E-state index in [-0.39, 0.29) is 0 Å². The quantitative estimate of drug-likeness (QED) is 0.777. The van der Waals surface area contributed by atoms with Gasteiger partial charge in [-0.25, -0.2) is 0 Å². The van der Waals surface area contributed by atoms with Gasteiger partial charge in [0.1, 0.15) is 0 Å². The number of hydrogen-bond acceptors (Lipinski definition) is 2. The Morgan fingerprint density at radius 2 is 2.25 bits per heavy atom. The SMILES string of the molecule is Cc1nn(C(CC#N)C2CC2)cc1C(C)C. The van der Waals surface area contributed by atoms with Gasteiger partial charge in [0, 0.05) is 6.20 Å². The summed E-state index contributed by atoms with van der Waals surface area (Å²) in [4.78, 5) is 0. The van der Waals surface area contributed by atoms with Crippen LogP contribution in [0, 0.1) is 24.2 Å². The lowest BCUT2D eigenvalue weighted by atomic mass is 10.1. The summed E-state index contributed by atoms with van der Waals surface area (Å²) < 4.78 is 2.03. The first-order valence-electron chi connectivity index (χ1n) is 6.06. The second-order valence-electron chi connectivity index (χ2n) is 5.07. The van der Waals surface area contributed by atoms with E-state index in [4.69, 9.17) is 5.26 Å². The summed E-state index contributed by atoms with van der Waals surface area (Å²) in [5, 5.41) is 13.4. The average molecular weight is 217 g/mol. The van der Waals surface area contributed by atoms with E-state index in [0.717, 1.165) is 5.69 Å². The minimum absolute atomic E-state index is 0.302. The van der Waals surface area contributed by atoms with Gasteiger partial charge in [0.2, 0.25) is 0 Å². The highest BCUT2D eigenvalue weighted by Gasteiger charge is 2.33. The van der Waals surface area contributed by atoms with E-state index in [1.807, 2.05) is 4.68 Å². The Morgan fingerprint density at radius 3 is 2.69 bits per heavy atom. The Hall–Kier alpha value is -1.30. The van der Waals surface area contributed by atoms with E-state index in [2.05, 4.69) is 38.1 Å². The summed E-state index contributed by atoms with van der Waals surface area (Å²) >= 11 is 0. The Morgan fingerprint density at radius 1 is 1.56 bits per heavy atom. The van der Waals surface area contributed by atoms with Crippen molar-refractivity contribution in [2.75, 3.05) is 0 Å². The van der Waals surface area contributed by atoms with Gasteiger partial charge in [0.15, 0.2) is 0 Å². The molecule has 1 aromatic rings. The van der Waals surface area contributed by atoms with Gasteiger partial charge < -0.3 is 0 Å². The highest BCUT2D eigenvalue weighted by molar-refractivity contribution is 5.20. The molecule has 3 heteroatoms. The van der Waals surface area contributed by atoms with Gasteiger partial charge in [0.25, 0.3) is 0 Å². The first kappa shape index (κ1) is 11.2. The summed E-state index contributed by atoms with van der Waals surface area (Å²) in [6, 6.07) is 2.59. The number of nitrogens with zero attached hydrogens (tertiary/aromatic N) is 3. The minimum atomic E-state index is 0.302. The molecular weight excluding hydrogens is 198 g/mol. The van der Waals surface area contributed by atoms with E-state index < -0.39 is 0 Å². The van der Waals surface area contributed by atoms with Gasteiger partial charge in [-0.05, 0) is 37.2 Å². The van der Waals surface area contributed by atoms with E-state index >= 15 is 0 Å². The van der Waals surface area contributed by atoms with Crippen molar-refractivity contribution in [2.24, 2.45) is 5.92 Å². The molecule has 1 atom stereocenters. The Labute approximate surface area is 97.1 Å². The third kappa shape index (κ3) is 2.11. The fraction of sp³-hybridized carbons (Fsp3) is 0.692. The van der Waals surface area contributed by atoms with Crippen LogP contribution in [-0.2, 0) is 0 Å². The average Bonchev–Trinajstić information content (AvgIpc) is 2.98. The lowest BCUT2D eigenvalue weighted by Crippen LogP contribution is -2.11. The second-order valence-corrected chi connectivity index (χ2v) is 5.07. The topological polar surface area (TPSA) is 41.6 Å². The van der Waals surface area contributed by atoms with Gasteiger partial charge in [-0.2, -0.15) is 10.4 Å². The van der Waals surface area contributed by atoms with Gasteiger partial charge in [0.05, 0.1) is 24.2 Å². The second kappa shape index (κ2) is 4.29. The first-order chi connectivity index (χ1) is 7.63. The predicted octanol–water partition coefficient (Wildman–Crippen LogP) is 3.18. The lowest BCUT2D eigenvalue weighted by molar-refractivity contribution is 0.410. The van der Waals surface area contributed by atoms with E-state index in [0.29, 0.717) is 24.3 Å². The fourth-order valence-corrected chi connectivity index (χ4v) is 2.28. The standard InChI is InChI=1S/C13H19N3/c1-9(2)12-8-16(15-10(12)3)13(6-7-14)11-4-5-11/h8-9,11,13H,4-6H2,1-3H3. The van der Waals surface area contributed by atoms with Crippen LogP contribution in [-0.4, -0.2) is 9.78 Å². The Balaban J connectivity index is 2.24. The van der Waals surface area contributed by atoms with Crippen LogP contribution in [0.1, 0.15) is 56.3 Å². The van der Waals surface area contributed by atoms with Gasteiger partial charge in [-0.3, -0.25) is 4.68 Å². The molecule has 1 fully saturated rings. The summed E-state index contributed by atoms with van der Waals surface area (Å²) in [5.41, 5.74) is 2.42. The van der Waals surface area contributed by atoms with Gasteiger partial charge >= 0.3 is 0 Å². The van der Waals surface area contributed by atoms with Crippen LogP contribution < -0.4 is 0 Å². The van der Waals surface area contributed by atoms with Crippen molar-refractivity contribution in [3.8, 4) is 6.07 Å². The van der Waals surface area contributed by atoms with Crippen molar-refractivity contribution in [3.63, 3.8) is 0 Å². The van der Waals surface area contributed by atoms with Crippen LogP contribution in [0.25, 0.3) is 0 Å². The molecule has 86 valence electrons. The molecule has 1 saturated carbocycles. The Kier molecular flexibility index (Phi) is 3.00.